The molecule has 1 fully saturated rings. The fraction of sp³-hybridized carbons (Fsp3) is 0.400. The fourth-order valence-electron chi connectivity index (χ4n) is 1.42. The van der Waals surface area contributed by atoms with Crippen molar-refractivity contribution in [1.82, 2.24) is 0 Å². The topological polar surface area (TPSA) is 26.0 Å². The molecule has 4 heteroatoms. The second-order valence-electron chi connectivity index (χ2n) is 3.86. The van der Waals surface area contributed by atoms with Crippen LogP contribution in [0.15, 0.2) is 16.6 Å². The molecular weight excluding hydrogens is 268 g/mol. The van der Waals surface area contributed by atoms with Crippen molar-refractivity contribution in [1.29, 1.82) is 0 Å². The lowest BCUT2D eigenvalue weighted by Crippen LogP contribution is -2.25. The van der Waals surface area contributed by atoms with Gasteiger partial charge in [0, 0.05) is 15.6 Å². The number of rotatable bonds is 2. The Hall–Kier alpha value is -0.120. The second kappa shape index (κ2) is 3.47. The van der Waals surface area contributed by atoms with E-state index in [1.165, 1.54) is 6.07 Å². The molecule has 1 nitrogen and oxygen atoms in total. The second-order valence-corrected chi connectivity index (χ2v) is 5.06. The van der Waals surface area contributed by atoms with Gasteiger partial charge in [-0.2, -0.15) is 0 Å². The first kappa shape index (κ1) is 10.4. The highest BCUT2D eigenvalue weighted by molar-refractivity contribution is 9.10. The monoisotopic (exact) mass is 277 g/mol. The van der Waals surface area contributed by atoms with Crippen molar-refractivity contribution in [3.8, 4) is 0 Å². The van der Waals surface area contributed by atoms with Crippen LogP contribution < -0.4 is 5.73 Å². The predicted molar refractivity (Wildman–Crippen MR) is 59.0 cm³/mol. The highest BCUT2D eigenvalue weighted by Crippen LogP contribution is 2.39. The molecule has 0 unspecified atom stereocenters. The average Bonchev–Trinajstić information content (AvgIpc) is 2.86. The minimum absolute atomic E-state index is 0.200. The van der Waals surface area contributed by atoms with E-state index in [2.05, 4.69) is 15.9 Å². The zero-order valence-corrected chi connectivity index (χ0v) is 9.83. The van der Waals surface area contributed by atoms with Gasteiger partial charge in [-0.1, -0.05) is 11.6 Å². The van der Waals surface area contributed by atoms with Gasteiger partial charge in [0.05, 0.1) is 5.02 Å². The Balaban J connectivity index is 2.35. The van der Waals surface area contributed by atoms with Crippen molar-refractivity contribution in [2.24, 2.45) is 5.73 Å². The smallest absolute Gasteiger partial charge is 0.127 e. The van der Waals surface area contributed by atoms with Crippen molar-refractivity contribution >= 4 is 27.5 Å². The largest absolute Gasteiger partial charge is 0.325 e. The molecule has 2 rings (SSSR count). The number of benzene rings is 1. The SMILES string of the molecule is NC1(Cc2c(F)ccc(Cl)c2Br)CC1. The molecule has 1 aromatic rings. The van der Waals surface area contributed by atoms with Crippen LogP contribution in [0.5, 0.6) is 0 Å². The van der Waals surface area contributed by atoms with E-state index in [-0.39, 0.29) is 11.4 Å². The summed E-state index contributed by atoms with van der Waals surface area (Å²) in [5, 5.41) is 0.533. The van der Waals surface area contributed by atoms with Crippen LogP contribution in [0, 0.1) is 5.82 Å². The summed E-state index contributed by atoms with van der Waals surface area (Å²) < 4.78 is 14.1. The number of hydrogen-bond donors (Lipinski definition) is 1. The molecule has 1 aliphatic carbocycles. The van der Waals surface area contributed by atoms with E-state index >= 15 is 0 Å². The Labute approximate surface area is 95.6 Å². The van der Waals surface area contributed by atoms with Crippen LogP contribution >= 0.6 is 27.5 Å². The fourth-order valence-corrected chi connectivity index (χ4v) is 2.06. The van der Waals surface area contributed by atoms with Crippen molar-refractivity contribution in [3.63, 3.8) is 0 Å². The molecule has 0 bridgehead atoms. The third-order valence-electron chi connectivity index (χ3n) is 2.56. The number of hydrogen-bond acceptors (Lipinski definition) is 1. The lowest BCUT2D eigenvalue weighted by atomic mass is 10.0. The van der Waals surface area contributed by atoms with Gasteiger partial charge >= 0.3 is 0 Å². The zero-order valence-electron chi connectivity index (χ0n) is 7.49. The maximum absolute atomic E-state index is 13.4. The first-order valence-electron chi connectivity index (χ1n) is 4.43. The van der Waals surface area contributed by atoms with Gasteiger partial charge in [-0.15, -0.1) is 0 Å². The van der Waals surface area contributed by atoms with E-state index in [1.807, 2.05) is 0 Å². The van der Waals surface area contributed by atoms with Crippen LogP contribution in [-0.4, -0.2) is 5.54 Å². The zero-order chi connectivity index (χ0) is 10.3. The normalized spacial score (nSPS) is 18.3. The molecule has 1 aliphatic rings. The Morgan fingerprint density at radius 1 is 1.50 bits per heavy atom. The van der Waals surface area contributed by atoms with Gasteiger partial charge in [0.15, 0.2) is 0 Å². The molecule has 0 heterocycles. The van der Waals surface area contributed by atoms with Gasteiger partial charge in [0.2, 0.25) is 0 Å². The van der Waals surface area contributed by atoms with Crippen molar-refractivity contribution < 1.29 is 4.39 Å². The molecule has 0 amide bonds. The van der Waals surface area contributed by atoms with E-state index in [0.717, 1.165) is 12.8 Å². The first-order chi connectivity index (χ1) is 6.52. The van der Waals surface area contributed by atoms with Gasteiger partial charge in [-0.25, -0.2) is 4.39 Å². The molecule has 1 saturated carbocycles. The van der Waals surface area contributed by atoms with Crippen LogP contribution in [0.1, 0.15) is 18.4 Å². The molecule has 0 saturated heterocycles. The maximum Gasteiger partial charge on any atom is 0.127 e. The van der Waals surface area contributed by atoms with E-state index in [4.69, 9.17) is 17.3 Å². The van der Waals surface area contributed by atoms with Crippen LogP contribution in [0.4, 0.5) is 4.39 Å². The summed E-state index contributed by atoms with van der Waals surface area (Å²) in [5.74, 6) is -0.238. The molecule has 0 radical (unpaired) electrons. The molecule has 0 aliphatic heterocycles. The molecule has 14 heavy (non-hydrogen) atoms. The Morgan fingerprint density at radius 3 is 2.71 bits per heavy atom. The van der Waals surface area contributed by atoms with Gasteiger partial charge in [0.1, 0.15) is 5.82 Å². The third kappa shape index (κ3) is 1.95. The Kier molecular flexibility index (Phi) is 2.58. The number of nitrogens with two attached hydrogens (primary N) is 1. The predicted octanol–water partition coefficient (Wildman–Crippen LogP) is 3.28. The molecule has 0 spiro atoms. The lowest BCUT2D eigenvalue weighted by molar-refractivity contribution is 0.580. The summed E-state index contributed by atoms with van der Waals surface area (Å²) in [7, 11) is 0. The quantitative estimate of drug-likeness (QED) is 0.826. The summed E-state index contributed by atoms with van der Waals surface area (Å²) >= 11 is 9.16. The van der Waals surface area contributed by atoms with Crippen LogP contribution in [0.2, 0.25) is 5.02 Å². The van der Waals surface area contributed by atoms with Crippen LogP contribution in [0.25, 0.3) is 0 Å². The summed E-state index contributed by atoms with van der Waals surface area (Å²) in [5.41, 5.74) is 6.33. The first-order valence-corrected chi connectivity index (χ1v) is 5.60. The molecular formula is C10H10BrClFN. The molecule has 2 N–H and O–H groups in total. The third-order valence-corrected chi connectivity index (χ3v) is 4.01. The average molecular weight is 279 g/mol. The summed E-state index contributed by atoms with van der Waals surface area (Å²) in [6.45, 7) is 0. The molecule has 76 valence electrons. The van der Waals surface area contributed by atoms with Gasteiger partial charge < -0.3 is 5.73 Å². The summed E-state index contributed by atoms with van der Waals surface area (Å²) in [6.07, 6.45) is 2.48. The van der Waals surface area contributed by atoms with Crippen molar-refractivity contribution in [3.05, 3.63) is 33.0 Å². The molecule has 0 atom stereocenters. The molecule has 0 aromatic heterocycles. The standard InChI is InChI=1S/C10H10BrClFN/c11-9-6(5-10(14)3-4-10)8(13)2-1-7(9)12/h1-2H,3-5,14H2. The lowest BCUT2D eigenvalue weighted by Gasteiger charge is -2.12. The van der Waals surface area contributed by atoms with E-state index in [1.54, 1.807) is 6.07 Å². The van der Waals surface area contributed by atoms with Gasteiger partial charge in [-0.3, -0.25) is 0 Å². The van der Waals surface area contributed by atoms with Gasteiger partial charge in [-0.05, 0) is 47.3 Å². The van der Waals surface area contributed by atoms with Crippen molar-refractivity contribution in [2.45, 2.75) is 24.8 Å². The highest BCUT2D eigenvalue weighted by atomic mass is 79.9. The Bertz CT molecular complexity index is 377. The maximum atomic E-state index is 13.4. The number of halogens is 3. The van der Waals surface area contributed by atoms with Crippen molar-refractivity contribution in [2.75, 3.05) is 0 Å². The van der Waals surface area contributed by atoms with E-state index in [0.29, 0.717) is 21.5 Å². The summed E-state index contributed by atoms with van der Waals surface area (Å²) in [4.78, 5) is 0. The highest BCUT2D eigenvalue weighted by Gasteiger charge is 2.39. The molecule has 1 aromatic carbocycles. The van der Waals surface area contributed by atoms with Gasteiger partial charge in [0.25, 0.3) is 0 Å². The Morgan fingerprint density at radius 2 is 2.14 bits per heavy atom. The summed E-state index contributed by atoms with van der Waals surface area (Å²) in [6, 6.07) is 2.93. The minimum atomic E-state index is -0.238. The van der Waals surface area contributed by atoms with Crippen LogP contribution in [0.3, 0.4) is 0 Å². The van der Waals surface area contributed by atoms with E-state index < -0.39 is 0 Å². The van der Waals surface area contributed by atoms with E-state index in [9.17, 15) is 4.39 Å². The van der Waals surface area contributed by atoms with Crippen LogP contribution in [-0.2, 0) is 6.42 Å². The minimum Gasteiger partial charge on any atom is -0.325 e.